The molecule has 2 amide bonds. The molecule has 2 rings (SSSR count). The maximum absolute atomic E-state index is 14.0. The number of benzene rings is 2. The molecule has 0 aliphatic heterocycles. The van der Waals surface area contributed by atoms with Crippen molar-refractivity contribution >= 4 is 11.8 Å². The van der Waals surface area contributed by atoms with Gasteiger partial charge in [0.05, 0.1) is 6.42 Å². The average molecular weight is 356 g/mol. The molecule has 0 aliphatic carbocycles. The van der Waals surface area contributed by atoms with Gasteiger partial charge < -0.3 is 10.2 Å². The Morgan fingerprint density at radius 1 is 1.12 bits per heavy atom. The Morgan fingerprint density at radius 2 is 1.81 bits per heavy atom. The summed E-state index contributed by atoms with van der Waals surface area (Å²) in [5.74, 6) is -0.886. The van der Waals surface area contributed by atoms with E-state index in [4.69, 9.17) is 0 Å². The summed E-state index contributed by atoms with van der Waals surface area (Å²) in [5, 5.41) is 2.55. The summed E-state index contributed by atoms with van der Waals surface area (Å²) >= 11 is 0. The van der Waals surface area contributed by atoms with Crippen LogP contribution in [0.3, 0.4) is 0 Å². The number of nitrogens with one attached hydrogen (secondary N) is 1. The van der Waals surface area contributed by atoms with Crippen molar-refractivity contribution in [3.05, 3.63) is 70.5 Å². The van der Waals surface area contributed by atoms with E-state index in [0.29, 0.717) is 5.56 Å². The molecule has 0 unspecified atom stereocenters. The predicted octanol–water partition coefficient (Wildman–Crippen LogP) is 3.15. The van der Waals surface area contributed by atoms with Gasteiger partial charge in [-0.25, -0.2) is 4.39 Å². The lowest BCUT2D eigenvalue weighted by Crippen LogP contribution is -2.47. The highest BCUT2D eigenvalue weighted by atomic mass is 19.1. The van der Waals surface area contributed by atoms with Gasteiger partial charge in [-0.15, -0.1) is 0 Å². The Bertz CT molecular complexity index is 804. The summed E-state index contributed by atoms with van der Waals surface area (Å²) < 4.78 is 14.0. The van der Waals surface area contributed by atoms with Crippen LogP contribution in [-0.2, 0) is 22.6 Å². The predicted molar refractivity (Wildman–Crippen MR) is 100 cm³/mol. The van der Waals surface area contributed by atoms with Crippen LogP contribution in [0.25, 0.3) is 0 Å². The average Bonchev–Trinajstić information content (AvgIpc) is 2.62. The van der Waals surface area contributed by atoms with E-state index in [0.717, 1.165) is 16.7 Å². The van der Waals surface area contributed by atoms with E-state index < -0.39 is 6.04 Å². The van der Waals surface area contributed by atoms with E-state index >= 15 is 0 Å². The van der Waals surface area contributed by atoms with Crippen LogP contribution in [0.5, 0.6) is 0 Å². The molecule has 0 fully saturated rings. The van der Waals surface area contributed by atoms with Crippen LogP contribution in [0.2, 0.25) is 0 Å². The second kappa shape index (κ2) is 8.61. The molecule has 26 heavy (non-hydrogen) atoms. The molecule has 0 aromatic heterocycles. The van der Waals surface area contributed by atoms with Crippen molar-refractivity contribution in [3.63, 3.8) is 0 Å². The van der Waals surface area contributed by atoms with E-state index in [1.807, 2.05) is 32.0 Å². The van der Waals surface area contributed by atoms with Crippen molar-refractivity contribution in [2.24, 2.45) is 0 Å². The third kappa shape index (κ3) is 4.69. The Labute approximate surface area is 154 Å². The Morgan fingerprint density at radius 3 is 2.42 bits per heavy atom. The number of hydrogen-bond donors (Lipinski definition) is 1. The molecular weight excluding hydrogens is 331 g/mol. The van der Waals surface area contributed by atoms with E-state index in [9.17, 15) is 14.0 Å². The number of amides is 2. The summed E-state index contributed by atoms with van der Waals surface area (Å²) in [4.78, 5) is 26.4. The number of aryl methyl sites for hydroxylation is 2. The minimum absolute atomic E-state index is 0.0466. The molecule has 0 saturated heterocycles. The van der Waals surface area contributed by atoms with Gasteiger partial charge in [-0.2, -0.15) is 0 Å². The summed E-state index contributed by atoms with van der Waals surface area (Å²) in [7, 11) is 1.52. The van der Waals surface area contributed by atoms with Crippen LogP contribution < -0.4 is 5.32 Å². The molecule has 0 spiro atoms. The second-order valence-electron chi connectivity index (χ2n) is 6.50. The highest BCUT2D eigenvalue weighted by molar-refractivity contribution is 5.88. The van der Waals surface area contributed by atoms with Gasteiger partial charge in [0.25, 0.3) is 0 Å². The number of hydrogen-bond acceptors (Lipinski definition) is 2. The first-order valence-electron chi connectivity index (χ1n) is 8.64. The molecule has 0 radical (unpaired) electrons. The highest BCUT2D eigenvalue weighted by Gasteiger charge is 2.26. The minimum Gasteiger partial charge on any atom is -0.357 e. The normalized spacial score (nSPS) is 11.7. The molecule has 0 saturated carbocycles. The smallest absolute Gasteiger partial charge is 0.242 e. The van der Waals surface area contributed by atoms with E-state index in [1.165, 1.54) is 18.0 Å². The zero-order chi connectivity index (χ0) is 19.3. The summed E-state index contributed by atoms with van der Waals surface area (Å²) in [6.45, 7) is 5.70. The van der Waals surface area contributed by atoms with Gasteiger partial charge in [0, 0.05) is 19.2 Å². The van der Waals surface area contributed by atoms with Gasteiger partial charge in [0.15, 0.2) is 0 Å². The van der Waals surface area contributed by atoms with Gasteiger partial charge in [0.1, 0.15) is 11.9 Å². The number of halogens is 1. The van der Waals surface area contributed by atoms with Crippen molar-refractivity contribution < 1.29 is 14.0 Å². The number of carbonyl (C=O) groups is 2. The lowest BCUT2D eigenvalue weighted by molar-refractivity contribution is -0.139. The van der Waals surface area contributed by atoms with E-state index in [-0.39, 0.29) is 30.6 Å². The van der Waals surface area contributed by atoms with Crippen LogP contribution in [-0.4, -0.2) is 29.8 Å². The van der Waals surface area contributed by atoms with E-state index in [2.05, 4.69) is 5.32 Å². The molecule has 5 heteroatoms. The molecular formula is C21H25FN2O2. The van der Waals surface area contributed by atoms with Gasteiger partial charge >= 0.3 is 0 Å². The molecule has 0 bridgehead atoms. The minimum atomic E-state index is -0.696. The molecule has 4 nitrogen and oxygen atoms in total. The topological polar surface area (TPSA) is 49.4 Å². The summed E-state index contributed by atoms with van der Waals surface area (Å²) in [6.07, 6.45) is 0.164. The fraction of sp³-hybridized carbons (Fsp3) is 0.333. The fourth-order valence-corrected chi connectivity index (χ4v) is 2.79. The van der Waals surface area contributed by atoms with Gasteiger partial charge in [0.2, 0.25) is 11.8 Å². The zero-order valence-corrected chi connectivity index (χ0v) is 15.7. The lowest BCUT2D eigenvalue weighted by atomic mass is 10.0. The van der Waals surface area contributed by atoms with Crippen LogP contribution >= 0.6 is 0 Å². The van der Waals surface area contributed by atoms with Crippen LogP contribution in [0, 0.1) is 19.7 Å². The third-order valence-electron chi connectivity index (χ3n) is 4.64. The molecule has 138 valence electrons. The lowest BCUT2D eigenvalue weighted by Gasteiger charge is -2.28. The monoisotopic (exact) mass is 356 g/mol. The van der Waals surface area contributed by atoms with Crippen molar-refractivity contribution in [1.82, 2.24) is 10.2 Å². The number of nitrogens with zero attached hydrogens (tertiary/aromatic N) is 1. The van der Waals surface area contributed by atoms with Crippen LogP contribution in [0.4, 0.5) is 4.39 Å². The molecule has 2 aromatic carbocycles. The molecule has 0 heterocycles. The largest absolute Gasteiger partial charge is 0.357 e. The molecule has 1 N–H and O–H groups in total. The summed E-state index contributed by atoms with van der Waals surface area (Å²) in [5.41, 5.74) is 3.52. The first-order valence-corrected chi connectivity index (χ1v) is 8.64. The number of rotatable bonds is 6. The molecule has 2 aromatic rings. The maximum Gasteiger partial charge on any atom is 0.242 e. The summed E-state index contributed by atoms with van der Waals surface area (Å²) in [6, 6.07) is 11.5. The van der Waals surface area contributed by atoms with Gasteiger partial charge in [-0.05, 0) is 43.5 Å². The standard InChI is InChI=1S/C21H25FN2O2/c1-14-9-10-17(11-15(14)2)12-20(25)24(16(3)21(26)23-4)13-18-7-5-6-8-19(18)22/h5-11,16H,12-13H2,1-4H3,(H,23,26)/t16-/m0/s1. The first kappa shape index (κ1) is 19.6. The number of carbonyl (C=O) groups excluding carboxylic acids is 2. The third-order valence-corrected chi connectivity index (χ3v) is 4.64. The van der Waals surface area contributed by atoms with Crippen molar-refractivity contribution in [1.29, 1.82) is 0 Å². The zero-order valence-electron chi connectivity index (χ0n) is 15.7. The van der Waals surface area contributed by atoms with Gasteiger partial charge in [-0.1, -0.05) is 36.4 Å². The van der Waals surface area contributed by atoms with Crippen molar-refractivity contribution in [3.8, 4) is 0 Å². The number of likely N-dealkylation sites (N-methyl/N-ethyl adjacent to an activating group) is 1. The fourth-order valence-electron chi connectivity index (χ4n) is 2.79. The Balaban J connectivity index is 2.26. The quantitative estimate of drug-likeness (QED) is 0.864. The first-order chi connectivity index (χ1) is 12.3. The van der Waals surface area contributed by atoms with Crippen LogP contribution in [0.15, 0.2) is 42.5 Å². The SMILES string of the molecule is CNC(=O)[C@H](C)N(Cc1ccccc1F)C(=O)Cc1ccc(C)c(C)c1. The second-order valence-corrected chi connectivity index (χ2v) is 6.50. The molecule has 0 aliphatic rings. The maximum atomic E-state index is 14.0. The van der Waals surface area contributed by atoms with Gasteiger partial charge in [-0.3, -0.25) is 9.59 Å². The Hall–Kier alpha value is -2.69. The van der Waals surface area contributed by atoms with Crippen molar-refractivity contribution in [2.45, 2.75) is 39.8 Å². The highest BCUT2D eigenvalue weighted by Crippen LogP contribution is 2.16. The van der Waals surface area contributed by atoms with Crippen molar-refractivity contribution in [2.75, 3.05) is 7.05 Å². The van der Waals surface area contributed by atoms with E-state index in [1.54, 1.807) is 25.1 Å². The molecule has 1 atom stereocenters. The Kier molecular flexibility index (Phi) is 6.50. The van der Waals surface area contributed by atoms with Crippen LogP contribution in [0.1, 0.15) is 29.2 Å².